The molecule has 0 spiro atoms. The number of carboxylic acid groups (broad SMARTS) is 1. The molecule has 0 aliphatic rings. The predicted octanol–water partition coefficient (Wildman–Crippen LogP) is 1.12. The number of nitrogens with zero attached hydrogens (tertiary/aromatic N) is 1. The van der Waals surface area contributed by atoms with Crippen LogP contribution in [0.4, 0.5) is 5.69 Å². The zero-order valence-corrected chi connectivity index (χ0v) is 11.7. The molecule has 8 heteroatoms. The van der Waals surface area contributed by atoms with Gasteiger partial charge in [-0.25, -0.2) is 0 Å². The number of carbonyl (C=O) groups is 2. The van der Waals surface area contributed by atoms with Crippen LogP contribution in [0, 0.1) is 17.0 Å². The lowest BCUT2D eigenvalue weighted by molar-refractivity contribution is -0.385. The molecule has 1 aromatic rings. The van der Waals surface area contributed by atoms with Gasteiger partial charge in [0.2, 0.25) is 0 Å². The number of nitro benzene ring substituents is 1. The molecule has 1 atom stereocenters. The van der Waals surface area contributed by atoms with Gasteiger partial charge in [0.05, 0.1) is 17.4 Å². The minimum Gasteiger partial charge on any atom is -0.481 e. The van der Waals surface area contributed by atoms with Crippen LogP contribution in [0.25, 0.3) is 0 Å². The lowest BCUT2D eigenvalue weighted by Gasteiger charge is -2.14. The molecular weight excluding hydrogens is 280 g/mol. The van der Waals surface area contributed by atoms with E-state index in [-0.39, 0.29) is 24.2 Å². The fraction of sp³-hybridized carbons (Fsp3) is 0.385. The Bertz CT molecular complexity index is 558. The number of carbonyl (C=O) groups excluding carboxylic acids is 1. The number of benzene rings is 1. The highest BCUT2D eigenvalue weighted by Crippen LogP contribution is 2.22. The van der Waals surface area contributed by atoms with Crippen LogP contribution >= 0.6 is 0 Å². The van der Waals surface area contributed by atoms with Gasteiger partial charge in [-0.1, -0.05) is 12.1 Å². The first-order valence-corrected chi connectivity index (χ1v) is 6.13. The maximum absolute atomic E-state index is 12.0. The fourth-order valence-corrected chi connectivity index (χ4v) is 1.82. The molecule has 0 saturated heterocycles. The van der Waals surface area contributed by atoms with Crippen molar-refractivity contribution in [1.82, 2.24) is 5.32 Å². The van der Waals surface area contributed by atoms with E-state index < -0.39 is 22.9 Å². The van der Waals surface area contributed by atoms with Crippen molar-refractivity contribution in [3.8, 4) is 0 Å². The van der Waals surface area contributed by atoms with Gasteiger partial charge in [0.15, 0.2) is 0 Å². The number of hydrogen-bond acceptors (Lipinski definition) is 5. The van der Waals surface area contributed by atoms with Crippen LogP contribution < -0.4 is 5.32 Å². The first-order valence-electron chi connectivity index (χ1n) is 6.13. The highest BCUT2D eigenvalue weighted by atomic mass is 16.6. The molecule has 1 unspecified atom stereocenters. The van der Waals surface area contributed by atoms with E-state index in [0.29, 0.717) is 5.56 Å². The number of aryl methyl sites for hydroxylation is 1. The molecule has 1 aromatic carbocycles. The molecule has 0 saturated carbocycles. The molecular formula is C13H16N2O6. The van der Waals surface area contributed by atoms with Crippen molar-refractivity contribution in [2.24, 2.45) is 0 Å². The molecule has 1 amide bonds. The zero-order valence-electron chi connectivity index (χ0n) is 11.7. The summed E-state index contributed by atoms with van der Waals surface area (Å²) in [5, 5.41) is 22.1. The van der Waals surface area contributed by atoms with Gasteiger partial charge < -0.3 is 15.2 Å². The maximum Gasteiger partial charge on any atom is 0.306 e. The molecule has 0 bridgehead atoms. The number of nitro groups is 1. The van der Waals surface area contributed by atoms with Crippen molar-refractivity contribution in [1.29, 1.82) is 0 Å². The van der Waals surface area contributed by atoms with Crippen molar-refractivity contribution in [2.75, 3.05) is 13.7 Å². The van der Waals surface area contributed by atoms with Crippen LogP contribution in [0.2, 0.25) is 0 Å². The van der Waals surface area contributed by atoms with Gasteiger partial charge in [-0.15, -0.1) is 0 Å². The molecule has 2 N–H and O–H groups in total. The SMILES string of the molecule is COC(CNC(=O)c1cccc(C)c1[N+](=O)[O-])CC(=O)O. The van der Waals surface area contributed by atoms with Crippen molar-refractivity contribution in [3.63, 3.8) is 0 Å². The lowest BCUT2D eigenvalue weighted by atomic mass is 10.1. The number of rotatable bonds is 7. The Morgan fingerprint density at radius 3 is 2.67 bits per heavy atom. The number of para-hydroxylation sites is 1. The van der Waals surface area contributed by atoms with Gasteiger partial charge >= 0.3 is 5.97 Å². The van der Waals surface area contributed by atoms with Crippen LogP contribution in [0.5, 0.6) is 0 Å². The minimum absolute atomic E-state index is 0.0489. The predicted molar refractivity (Wildman–Crippen MR) is 73.2 cm³/mol. The molecule has 0 aliphatic heterocycles. The molecule has 0 aromatic heterocycles. The monoisotopic (exact) mass is 296 g/mol. The van der Waals surface area contributed by atoms with E-state index in [1.807, 2.05) is 0 Å². The number of amides is 1. The Labute approximate surface area is 120 Å². The van der Waals surface area contributed by atoms with E-state index in [2.05, 4.69) is 5.32 Å². The van der Waals surface area contributed by atoms with E-state index >= 15 is 0 Å². The molecule has 1 rings (SSSR count). The van der Waals surface area contributed by atoms with Gasteiger partial charge in [0.1, 0.15) is 5.56 Å². The number of aliphatic carboxylic acids is 1. The van der Waals surface area contributed by atoms with Gasteiger partial charge in [0, 0.05) is 19.2 Å². The third-order valence-electron chi connectivity index (χ3n) is 2.89. The number of hydrogen-bond donors (Lipinski definition) is 2. The van der Waals surface area contributed by atoms with Gasteiger partial charge in [-0.05, 0) is 13.0 Å². The van der Waals surface area contributed by atoms with Gasteiger partial charge in [-0.2, -0.15) is 0 Å². The van der Waals surface area contributed by atoms with E-state index in [9.17, 15) is 19.7 Å². The largest absolute Gasteiger partial charge is 0.481 e. The summed E-state index contributed by atoms with van der Waals surface area (Å²) in [4.78, 5) is 33.0. The number of ether oxygens (including phenoxy) is 1. The van der Waals surface area contributed by atoms with Crippen LogP contribution in [0.15, 0.2) is 18.2 Å². The number of nitrogens with one attached hydrogen (secondary N) is 1. The third kappa shape index (κ3) is 4.53. The van der Waals surface area contributed by atoms with Gasteiger partial charge in [0.25, 0.3) is 11.6 Å². The first kappa shape index (κ1) is 16.6. The Kier molecular flexibility index (Phi) is 5.79. The van der Waals surface area contributed by atoms with Crippen LogP contribution in [0.1, 0.15) is 22.3 Å². The van der Waals surface area contributed by atoms with E-state index in [4.69, 9.17) is 9.84 Å². The topological polar surface area (TPSA) is 119 Å². The first-order chi connectivity index (χ1) is 9.86. The lowest BCUT2D eigenvalue weighted by Crippen LogP contribution is -2.34. The summed E-state index contributed by atoms with van der Waals surface area (Å²) in [6, 6.07) is 4.43. The molecule has 0 heterocycles. The van der Waals surface area contributed by atoms with E-state index in [0.717, 1.165) is 0 Å². The van der Waals surface area contributed by atoms with E-state index in [1.165, 1.54) is 26.2 Å². The Hall–Kier alpha value is -2.48. The van der Waals surface area contributed by atoms with E-state index in [1.54, 1.807) is 6.07 Å². The van der Waals surface area contributed by atoms with Crippen molar-refractivity contribution >= 4 is 17.6 Å². The third-order valence-corrected chi connectivity index (χ3v) is 2.89. The standard InChI is InChI=1S/C13H16N2O6/c1-8-4-3-5-10(12(8)15(19)20)13(18)14-7-9(21-2)6-11(16)17/h3-5,9H,6-7H2,1-2H3,(H,14,18)(H,16,17). The summed E-state index contributed by atoms with van der Waals surface area (Å²) >= 11 is 0. The summed E-state index contributed by atoms with van der Waals surface area (Å²) in [5.41, 5.74) is 0.0499. The zero-order chi connectivity index (χ0) is 16.0. The summed E-state index contributed by atoms with van der Waals surface area (Å²) < 4.78 is 4.92. The Balaban J connectivity index is 2.83. The molecule has 0 aliphatic carbocycles. The normalized spacial score (nSPS) is 11.7. The van der Waals surface area contributed by atoms with Crippen molar-refractivity contribution in [3.05, 3.63) is 39.4 Å². The molecule has 0 radical (unpaired) electrons. The highest BCUT2D eigenvalue weighted by Gasteiger charge is 2.23. The fourth-order valence-electron chi connectivity index (χ4n) is 1.82. The Morgan fingerprint density at radius 2 is 2.14 bits per heavy atom. The summed E-state index contributed by atoms with van der Waals surface area (Å²) in [6.45, 7) is 1.49. The average Bonchev–Trinajstić information content (AvgIpc) is 2.41. The molecule has 21 heavy (non-hydrogen) atoms. The summed E-state index contributed by atoms with van der Waals surface area (Å²) in [7, 11) is 1.33. The second-order valence-corrected chi connectivity index (χ2v) is 4.39. The molecule has 0 fully saturated rings. The molecule has 114 valence electrons. The van der Waals surface area contributed by atoms with Crippen LogP contribution in [-0.4, -0.2) is 41.7 Å². The van der Waals surface area contributed by atoms with Crippen LogP contribution in [0.3, 0.4) is 0 Å². The second-order valence-electron chi connectivity index (χ2n) is 4.39. The number of carboxylic acids is 1. The van der Waals surface area contributed by atoms with Crippen LogP contribution in [-0.2, 0) is 9.53 Å². The summed E-state index contributed by atoms with van der Waals surface area (Å²) in [5.74, 6) is -1.70. The summed E-state index contributed by atoms with van der Waals surface area (Å²) in [6.07, 6.45) is -0.970. The second kappa shape index (κ2) is 7.34. The highest BCUT2D eigenvalue weighted by molar-refractivity contribution is 5.98. The van der Waals surface area contributed by atoms with Crippen molar-refractivity contribution < 1.29 is 24.4 Å². The molecule has 8 nitrogen and oxygen atoms in total. The quantitative estimate of drug-likeness (QED) is 0.575. The Morgan fingerprint density at radius 1 is 1.48 bits per heavy atom. The smallest absolute Gasteiger partial charge is 0.306 e. The number of methoxy groups -OCH3 is 1. The van der Waals surface area contributed by atoms with Gasteiger partial charge in [-0.3, -0.25) is 19.7 Å². The minimum atomic E-state index is -1.06. The average molecular weight is 296 g/mol. The maximum atomic E-state index is 12.0. The van der Waals surface area contributed by atoms with Crippen molar-refractivity contribution in [2.45, 2.75) is 19.4 Å².